The summed E-state index contributed by atoms with van der Waals surface area (Å²) in [6.45, 7) is 5.37. The number of nitrogens with zero attached hydrogens (tertiary/aromatic N) is 2. The van der Waals surface area contributed by atoms with Crippen LogP contribution in [0.3, 0.4) is 0 Å². The summed E-state index contributed by atoms with van der Waals surface area (Å²) in [5.74, 6) is 1.04. The van der Waals surface area contributed by atoms with E-state index >= 15 is 0 Å². The Morgan fingerprint density at radius 3 is 2.68 bits per heavy atom. The van der Waals surface area contributed by atoms with E-state index in [1.54, 1.807) is 30.5 Å². The Morgan fingerprint density at radius 2 is 2.00 bits per heavy atom. The van der Waals surface area contributed by atoms with Crippen molar-refractivity contribution in [1.82, 2.24) is 14.9 Å². The number of nitrogen functional groups attached to an aromatic ring is 1. The lowest BCUT2D eigenvalue weighted by molar-refractivity contribution is 0.186. The summed E-state index contributed by atoms with van der Waals surface area (Å²) in [5, 5.41) is 3.90. The number of ether oxygens (including phenoxy) is 1. The van der Waals surface area contributed by atoms with Crippen LogP contribution in [0.15, 0.2) is 45.9 Å². The standard InChI is InChI=1S/C21H24N4O4S.H2S/c1-13-3-4-17(30(26,27)24-10-15-5-6-28-12-15)9-18(13)16-8-19(21(22)23-11-16)20-7-14(2)25-29-20;/h3-4,7-9,11,15,24H,5-6,10,12H2,1-2H3,(H2,22,23);1H2/t15-;/m0./s1. The molecular weight excluding hydrogens is 436 g/mol. The zero-order valence-electron chi connectivity index (χ0n) is 17.4. The molecule has 0 saturated carbocycles. The minimum Gasteiger partial charge on any atom is -0.383 e. The predicted octanol–water partition coefficient (Wildman–Crippen LogP) is 3.03. The highest BCUT2D eigenvalue weighted by Crippen LogP contribution is 2.32. The highest BCUT2D eigenvalue weighted by atomic mass is 32.2. The zero-order chi connectivity index (χ0) is 21.3. The molecule has 0 bridgehead atoms. The van der Waals surface area contributed by atoms with Crippen molar-refractivity contribution >= 4 is 29.3 Å². The molecule has 3 N–H and O–H groups in total. The summed E-state index contributed by atoms with van der Waals surface area (Å²) in [6.07, 6.45) is 2.49. The number of nitrogens with two attached hydrogens (primary N) is 1. The van der Waals surface area contributed by atoms with Gasteiger partial charge < -0.3 is 15.0 Å². The Bertz CT molecular complexity index is 1170. The predicted molar refractivity (Wildman–Crippen MR) is 124 cm³/mol. The molecule has 166 valence electrons. The van der Waals surface area contributed by atoms with Crippen LogP contribution in [0.25, 0.3) is 22.5 Å². The first-order chi connectivity index (χ1) is 14.3. The average Bonchev–Trinajstić information content (AvgIpc) is 3.39. The molecule has 1 saturated heterocycles. The van der Waals surface area contributed by atoms with Gasteiger partial charge in [0, 0.05) is 31.0 Å². The molecule has 4 rings (SSSR count). The molecular formula is C21H26N4O4S2. The minimum atomic E-state index is -3.64. The van der Waals surface area contributed by atoms with Gasteiger partial charge in [0.2, 0.25) is 10.0 Å². The fourth-order valence-corrected chi connectivity index (χ4v) is 4.59. The molecule has 1 fully saturated rings. The van der Waals surface area contributed by atoms with Crippen LogP contribution in [0.5, 0.6) is 0 Å². The molecule has 1 aromatic carbocycles. The van der Waals surface area contributed by atoms with E-state index in [0.717, 1.165) is 28.8 Å². The van der Waals surface area contributed by atoms with Crippen molar-refractivity contribution in [3.05, 3.63) is 47.8 Å². The maximum absolute atomic E-state index is 12.8. The first-order valence-electron chi connectivity index (χ1n) is 9.71. The molecule has 1 aliphatic heterocycles. The van der Waals surface area contributed by atoms with Gasteiger partial charge in [0.05, 0.1) is 22.8 Å². The number of aromatic nitrogens is 2. The third kappa shape index (κ3) is 5.09. The molecule has 10 heteroatoms. The highest BCUT2D eigenvalue weighted by molar-refractivity contribution is 7.89. The summed E-state index contributed by atoms with van der Waals surface area (Å²) in [7, 11) is -3.64. The van der Waals surface area contributed by atoms with E-state index < -0.39 is 10.0 Å². The lowest BCUT2D eigenvalue weighted by Gasteiger charge is -2.13. The van der Waals surface area contributed by atoms with Crippen molar-refractivity contribution < 1.29 is 17.7 Å². The Kier molecular flexibility index (Phi) is 7.05. The van der Waals surface area contributed by atoms with Crippen LogP contribution in [-0.2, 0) is 14.8 Å². The van der Waals surface area contributed by atoms with E-state index in [-0.39, 0.29) is 24.3 Å². The molecule has 0 unspecified atom stereocenters. The molecule has 0 amide bonds. The Labute approximate surface area is 188 Å². The number of aryl methyl sites for hydroxylation is 2. The number of pyridine rings is 1. The van der Waals surface area contributed by atoms with Crippen LogP contribution in [0, 0.1) is 19.8 Å². The molecule has 0 aliphatic carbocycles. The van der Waals surface area contributed by atoms with E-state index in [0.29, 0.717) is 36.9 Å². The molecule has 0 spiro atoms. The summed E-state index contributed by atoms with van der Waals surface area (Å²) in [5.41, 5.74) is 9.80. The van der Waals surface area contributed by atoms with Crippen LogP contribution in [0.1, 0.15) is 17.7 Å². The van der Waals surface area contributed by atoms with Gasteiger partial charge in [-0.2, -0.15) is 13.5 Å². The molecule has 1 aliphatic rings. The molecule has 1 atom stereocenters. The highest BCUT2D eigenvalue weighted by Gasteiger charge is 2.21. The lowest BCUT2D eigenvalue weighted by Crippen LogP contribution is -2.29. The van der Waals surface area contributed by atoms with Gasteiger partial charge in [-0.05, 0) is 55.5 Å². The smallest absolute Gasteiger partial charge is 0.240 e. The molecule has 2 aromatic heterocycles. The first kappa shape index (κ1) is 23.3. The van der Waals surface area contributed by atoms with Gasteiger partial charge in [-0.15, -0.1) is 0 Å². The minimum absolute atomic E-state index is 0. The normalized spacial score (nSPS) is 16.3. The van der Waals surface area contributed by atoms with E-state index in [1.165, 1.54) is 0 Å². The first-order valence-corrected chi connectivity index (χ1v) is 11.2. The molecule has 3 aromatic rings. The van der Waals surface area contributed by atoms with Gasteiger partial charge >= 0.3 is 0 Å². The van der Waals surface area contributed by atoms with Crippen LogP contribution in [0.4, 0.5) is 5.82 Å². The third-order valence-electron chi connectivity index (χ3n) is 5.23. The number of sulfonamides is 1. The molecule has 8 nitrogen and oxygen atoms in total. The van der Waals surface area contributed by atoms with Gasteiger partial charge in [-0.25, -0.2) is 18.1 Å². The zero-order valence-corrected chi connectivity index (χ0v) is 19.2. The quantitative estimate of drug-likeness (QED) is 0.578. The maximum atomic E-state index is 12.8. The fourth-order valence-electron chi connectivity index (χ4n) is 3.44. The van der Waals surface area contributed by atoms with E-state index in [2.05, 4.69) is 14.9 Å². The molecule has 3 heterocycles. The van der Waals surface area contributed by atoms with Crippen molar-refractivity contribution in [2.45, 2.75) is 25.2 Å². The van der Waals surface area contributed by atoms with Crippen LogP contribution in [0.2, 0.25) is 0 Å². The van der Waals surface area contributed by atoms with Gasteiger partial charge in [0.25, 0.3) is 0 Å². The van der Waals surface area contributed by atoms with Crippen molar-refractivity contribution in [1.29, 1.82) is 0 Å². The summed E-state index contributed by atoms with van der Waals surface area (Å²) >= 11 is 0. The third-order valence-corrected chi connectivity index (χ3v) is 6.65. The van der Waals surface area contributed by atoms with Gasteiger partial charge in [-0.1, -0.05) is 11.2 Å². The second-order valence-electron chi connectivity index (χ2n) is 7.55. The average molecular weight is 463 g/mol. The number of rotatable bonds is 6. The van der Waals surface area contributed by atoms with Gasteiger partial charge in [-0.3, -0.25) is 0 Å². The van der Waals surface area contributed by atoms with Crippen molar-refractivity contribution in [3.63, 3.8) is 0 Å². The summed E-state index contributed by atoms with van der Waals surface area (Å²) in [4.78, 5) is 4.48. The number of benzene rings is 1. The molecule has 31 heavy (non-hydrogen) atoms. The largest absolute Gasteiger partial charge is 0.383 e. The van der Waals surface area contributed by atoms with Crippen LogP contribution < -0.4 is 10.5 Å². The summed E-state index contributed by atoms with van der Waals surface area (Å²) < 4.78 is 39.0. The van der Waals surface area contributed by atoms with E-state index in [9.17, 15) is 8.42 Å². The second kappa shape index (κ2) is 9.39. The maximum Gasteiger partial charge on any atom is 0.240 e. The van der Waals surface area contributed by atoms with Gasteiger partial charge in [0.1, 0.15) is 5.82 Å². The Balaban J connectivity index is 0.00000272. The Morgan fingerprint density at radius 1 is 1.19 bits per heavy atom. The van der Waals surface area contributed by atoms with Crippen LogP contribution in [-0.4, -0.2) is 38.3 Å². The second-order valence-corrected chi connectivity index (χ2v) is 9.31. The van der Waals surface area contributed by atoms with Gasteiger partial charge in [0.15, 0.2) is 5.76 Å². The number of hydrogen-bond donors (Lipinski definition) is 2. The van der Waals surface area contributed by atoms with E-state index in [1.807, 2.05) is 19.9 Å². The Hall–Kier alpha value is -2.40. The van der Waals surface area contributed by atoms with Crippen LogP contribution >= 0.6 is 13.5 Å². The fraction of sp³-hybridized carbons (Fsp3) is 0.333. The lowest BCUT2D eigenvalue weighted by atomic mass is 10.00. The SMILES string of the molecule is Cc1cc(-c2cc(-c3cc(S(=O)(=O)NC[C@@H]4CCOC4)ccc3C)cnc2N)on1.S. The van der Waals surface area contributed by atoms with E-state index in [4.69, 9.17) is 15.0 Å². The topological polar surface area (TPSA) is 120 Å². The van der Waals surface area contributed by atoms with Crippen molar-refractivity contribution in [2.24, 2.45) is 5.92 Å². The van der Waals surface area contributed by atoms with Crippen molar-refractivity contribution in [2.75, 3.05) is 25.5 Å². The molecule has 0 radical (unpaired) electrons. The number of anilines is 1. The number of hydrogen-bond acceptors (Lipinski definition) is 7. The summed E-state index contributed by atoms with van der Waals surface area (Å²) in [6, 6.07) is 8.67. The monoisotopic (exact) mass is 462 g/mol. The van der Waals surface area contributed by atoms with Crippen molar-refractivity contribution in [3.8, 4) is 22.5 Å². The number of nitrogens with one attached hydrogen (secondary N) is 1.